The molecule has 2 aromatic rings. The van der Waals surface area contributed by atoms with Crippen LogP contribution in [0, 0.1) is 0 Å². The van der Waals surface area contributed by atoms with Gasteiger partial charge in [0.2, 0.25) is 0 Å². The van der Waals surface area contributed by atoms with E-state index in [1.165, 1.54) is 10.4 Å². The largest absolute Gasteiger partial charge is 0.478 e. The molecule has 2 rings (SSSR count). The van der Waals surface area contributed by atoms with Gasteiger partial charge in [-0.15, -0.1) is 11.3 Å². The lowest BCUT2D eigenvalue weighted by molar-refractivity contribution is -0.131. The SMILES string of the molecule is O=C(O)/C=C/c1ccc(Cc2cncs2)cc1. The summed E-state index contributed by atoms with van der Waals surface area (Å²) in [5, 5.41) is 8.51. The molecule has 86 valence electrons. The lowest BCUT2D eigenvalue weighted by atomic mass is 10.1. The maximum absolute atomic E-state index is 10.4. The zero-order valence-electron chi connectivity index (χ0n) is 9.04. The van der Waals surface area contributed by atoms with Crippen molar-refractivity contribution in [2.24, 2.45) is 0 Å². The summed E-state index contributed by atoms with van der Waals surface area (Å²) in [7, 11) is 0. The Morgan fingerprint density at radius 3 is 2.71 bits per heavy atom. The second kappa shape index (κ2) is 5.41. The summed E-state index contributed by atoms with van der Waals surface area (Å²) < 4.78 is 0. The Hall–Kier alpha value is -1.94. The third-order valence-corrected chi connectivity index (χ3v) is 3.04. The fraction of sp³-hybridized carbons (Fsp3) is 0.0769. The van der Waals surface area contributed by atoms with Gasteiger partial charge in [-0.2, -0.15) is 0 Å². The van der Waals surface area contributed by atoms with Gasteiger partial charge in [0.15, 0.2) is 0 Å². The minimum absolute atomic E-state index is 0.869. The molecule has 3 nitrogen and oxygen atoms in total. The van der Waals surface area contributed by atoms with Gasteiger partial charge >= 0.3 is 5.97 Å². The van der Waals surface area contributed by atoms with E-state index in [2.05, 4.69) is 4.98 Å². The molecule has 0 atom stereocenters. The molecule has 0 saturated heterocycles. The number of hydrogen-bond acceptors (Lipinski definition) is 3. The molecule has 17 heavy (non-hydrogen) atoms. The first-order chi connectivity index (χ1) is 8.24. The Morgan fingerprint density at radius 1 is 1.35 bits per heavy atom. The number of carboxylic acids is 1. The normalized spacial score (nSPS) is 10.8. The highest BCUT2D eigenvalue weighted by Crippen LogP contribution is 2.14. The van der Waals surface area contributed by atoms with Crippen LogP contribution in [0.2, 0.25) is 0 Å². The highest BCUT2D eigenvalue weighted by molar-refractivity contribution is 7.09. The first kappa shape index (κ1) is 11.5. The van der Waals surface area contributed by atoms with Gasteiger partial charge in [-0.05, 0) is 17.2 Å². The molecule has 0 spiro atoms. The third kappa shape index (κ3) is 3.53. The van der Waals surface area contributed by atoms with E-state index in [9.17, 15) is 4.79 Å². The molecular weight excluding hydrogens is 234 g/mol. The number of aliphatic carboxylic acids is 1. The molecule has 4 heteroatoms. The van der Waals surface area contributed by atoms with Gasteiger partial charge < -0.3 is 5.11 Å². The van der Waals surface area contributed by atoms with Gasteiger partial charge in [0.05, 0.1) is 5.51 Å². The van der Waals surface area contributed by atoms with Crippen LogP contribution < -0.4 is 0 Å². The van der Waals surface area contributed by atoms with Gasteiger partial charge in [-0.25, -0.2) is 4.79 Å². The van der Waals surface area contributed by atoms with Crippen molar-refractivity contribution in [1.29, 1.82) is 0 Å². The zero-order valence-corrected chi connectivity index (χ0v) is 9.85. The number of carboxylic acid groups (broad SMARTS) is 1. The summed E-state index contributed by atoms with van der Waals surface area (Å²) in [6, 6.07) is 7.83. The van der Waals surface area contributed by atoms with Crippen LogP contribution in [0.3, 0.4) is 0 Å². The third-order valence-electron chi connectivity index (χ3n) is 2.26. The van der Waals surface area contributed by atoms with E-state index in [4.69, 9.17) is 5.11 Å². The minimum atomic E-state index is -0.932. The highest BCUT2D eigenvalue weighted by Gasteiger charge is 1.97. The monoisotopic (exact) mass is 245 g/mol. The number of rotatable bonds is 4. The van der Waals surface area contributed by atoms with Crippen LogP contribution in [-0.4, -0.2) is 16.1 Å². The summed E-state index contributed by atoms with van der Waals surface area (Å²) in [6.45, 7) is 0. The van der Waals surface area contributed by atoms with E-state index in [0.29, 0.717) is 0 Å². The Morgan fingerprint density at radius 2 is 2.12 bits per heavy atom. The van der Waals surface area contributed by atoms with E-state index >= 15 is 0 Å². The average Bonchev–Trinajstić information content (AvgIpc) is 2.81. The topological polar surface area (TPSA) is 50.2 Å². The lowest BCUT2D eigenvalue weighted by Gasteiger charge is -1.99. The number of thiazole rings is 1. The quantitative estimate of drug-likeness (QED) is 0.843. The molecule has 1 heterocycles. The van der Waals surface area contributed by atoms with Crippen LogP contribution in [-0.2, 0) is 11.2 Å². The summed E-state index contributed by atoms with van der Waals surface area (Å²) >= 11 is 1.63. The molecule has 0 saturated carbocycles. The van der Waals surface area contributed by atoms with Crippen molar-refractivity contribution in [3.8, 4) is 0 Å². The van der Waals surface area contributed by atoms with Crippen molar-refractivity contribution >= 4 is 23.4 Å². The van der Waals surface area contributed by atoms with Crippen LogP contribution in [0.25, 0.3) is 6.08 Å². The molecule has 0 amide bonds. The number of carbonyl (C=O) groups is 1. The predicted molar refractivity (Wildman–Crippen MR) is 68.0 cm³/mol. The van der Waals surface area contributed by atoms with Crippen LogP contribution in [0.15, 0.2) is 42.0 Å². The number of nitrogens with zero attached hydrogens (tertiary/aromatic N) is 1. The Bertz CT molecular complexity index is 515. The summed E-state index contributed by atoms with van der Waals surface area (Å²) in [5.41, 5.74) is 3.90. The van der Waals surface area contributed by atoms with Crippen molar-refractivity contribution in [3.63, 3.8) is 0 Å². The van der Waals surface area contributed by atoms with E-state index < -0.39 is 5.97 Å². The zero-order chi connectivity index (χ0) is 12.1. The van der Waals surface area contributed by atoms with Crippen LogP contribution in [0.4, 0.5) is 0 Å². The maximum atomic E-state index is 10.4. The van der Waals surface area contributed by atoms with Crippen molar-refractivity contribution in [2.75, 3.05) is 0 Å². The van der Waals surface area contributed by atoms with Crippen molar-refractivity contribution in [3.05, 3.63) is 58.1 Å². The highest BCUT2D eigenvalue weighted by atomic mass is 32.1. The van der Waals surface area contributed by atoms with Gasteiger partial charge in [0, 0.05) is 23.6 Å². The van der Waals surface area contributed by atoms with Crippen LogP contribution >= 0.6 is 11.3 Å². The number of aromatic nitrogens is 1. The van der Waals surface area contributed by atoms with Crippen LogP contribution in [0.5, 0.6) is 0 Å². The van der Waals surface area contributed by atoms with Crippen molar-refractivity contribution in [2.45, 2.75) is 6.42 Å². The Labute approximate surface area is 103 Å². The minimum Gasteiger partial charge on any atom is -0.478 e. The predicted octanol–water partition coefficient (Wildman–Crippen LogP) is 2.83. The molecule has 0 radical (unpaired) electrons. The maximum Gasteiger partial charge on any atom is 0.328 e. The number of hydrogen-bond donors (Lipinski definition) is 1. The van der Waals surface area contributed by atoms with E-state index in [-0.39, 0.29) is 0 Å². The van der Waals surface area contributed by atoms with Crippen LogP contribution in [0.1, 0.15) is 16.0 Å². The molecule has 0 bridgehead atoms. The molecule has 0 aliphatic rings. The van der Waals surface area contributed by atoms with E-state index in [1.807, 2.05) is 36.0 Å². The summed E-state index contributed by atoms with van der Waals surface area (Å²) in [6.07, 6.45) is 5.45. The van der Waals surface area contributed by atoms with E-state index in [0.717, 1.165) is 18.1 Å². The molecule has 0 fully saturated rings. The van der Waals surface area contributed by atoms with Gasteiger partial charge in [-0.3, -0.25) is 4.98 Å². The Balaban J connectivity index is 2.05. The smallest absolute Gasteiger partial charge is 0.328 e. The fourth-order valence-electron chi connectivity index (χ4n) is 1.44. The first-order valence-corrected chi connectivity index (χ1v) is 5.99. The molecule has 0 aliphatic carbocycles. The second-order valence-corrected chi connectivity index (χ2v) is 4.53. The molecule has 0 unspecified atom stereocenters. The number of benzene rings is 1. The van der Waals surface area contributed by atoms with Crippen molar-refractivity contribution < 1.29 is 9.90 Å². The summed E-state index contributed by atoms with van der Waals surface area (Å²) in [5.74, 6) is -0.932. The lowest BCUT2D eigenvalue weighted by Crippen LogP contribution is -1.87. The first-order valence-electron chi connectivity index (χ1n) is 5.11. The van der Waals surface area contributed by atoms with Gasteiger partial charge in [0.1, 0.15) is 0 Å². The molecular formula is C13H11NO2S. The molecule has 1 N–H and O–H groups in total. The fourth-order valence-corrected chi connectivity index (χ4v) is 2.07. The Kier molecular flexibility index (Phi) is 3.67. The molecule has 1 aromatic carbocycles. The second-order valence-electron chi connectivity index (χ2n) is 3.56. The molecule has 0 aliphatic heterocycles. The standard InChI is InChI=1S/C13H11NO2S/c15-13(16)6-5-10-1-3-11(4-2-10)7-12-8-14-9-17-12/h1-6,8-9H,7H2,(H,15,16)/b6-5+. The average molecular weight is 245 g/mol. The van der Waals surface area contributed by atoms with Gasteiger partial charge in [0.25, 0.3) is 0 Å². The van der Waals surface area contributed by atoms with E-state index in [1.54, 1.807) is 17.4 Å². The molecule has 1 aromatic heterocycles. The summed E-state index contributed by atoms with van der Waals surface area (Å²) in [4.78, 5) is 15.6. The van der Waals surface area contributed by atoms with Gasteiger partial charge in [-0.1, -0.05) is 24.3 Å². The van der Waals surface area contributed by atoms with Crippen molar-refractivity contribution in [1.82, 2.24) is 4.98 Å².